The van der Waals surface area contributed by atoms with Crippen LogP contribution in [0, 0.1) is 0 Å². The Kier molecular flexibility index (Phi) is 6.27. The summed E-state index contributed by atoms with van der Waals surface area (Å²) in [6.07, 6.45) is -4.48. The van der Waals surface area contributed by atoms with E-state index in [1.165, 1.54) is 0 Å². The van der Waals surface area contributed by atoms with Crippen molar-refractivity contribution in [2.45, 2.75) is 57.5 Å². The van der Waals surface area contributed by atoms with E-state index in [0.717, 1.165) is 6.42 Å². The zero-order valence-corrected chi connectivity index (χ0v) is 11.7. The normalized spacial score (nSPS) is 28.1. The first-order chi connectivity index (χ1) is 8.76. The summed E-state index contributed by atoms with van der Waals surface area (Å²) >= 11 is 0. The van der Waals surface area contributed by atoms with Gasteiger partial charge in [0, 0.05) is 6.16 Å². The maximum Gasteiger partial charge on any atom is 0.412 e. The molecule has 114 valence electrons. The van der Waals surface area contributed by atoms with Gasteiger partial charge in [-0.05, 0) is 19.3 Å². The smallest absolute Gasteiger partial charge is 0.302 e. The van der Waals surface area contributed by atoms with Crippen LogP contribution in [-0.2, 0) is 13.6 Å². The van der Waals surface area contributed by atoms with Crippen LogP contribution in [-0.4, -0.2) is 31.2 Å². The first kappa shape index (κ1) is 16.9. The molecule has 19 heavy (non-hydrogen) atoms. The quantitative estimate of drug-likeness (QED) is 0.536. The first-order valence-electron chi connectivity index (χ1n) is 6.38. The average molecular weight is 306 g/mol. The van der Waals surface area contributed by atoms with E-state index in [-0.39, 0.29) is 12.6 Å². The molecule has 0 aromatic rings. The molecule has 0 spiro atoms. The lowest BCUT2D eigenvalue weighted by Crippen LogP contribution is -2.29. The van der Waals surface area contributed by atoms with E-state index in [2.05, 4.69) is 4.52 Å². The summed E-state index contributed by atoms with van der Waals surface area (Å²) in [6.45, 7) is 0.0225. The SMILES string of the molecule is CCCP(=O)(OCC(F)(F)F)OC1CCCCC1F. The minimum atomic E-state index is -4.57. The van der Waals surface area contributed by atoms with Gasteiger partial charge in [-0.15, -0.1) is 0 Å². The van der Waals surface area contributed by atoms with Crippen molar-refractivity contribution in [1.82, 2.24) is 0 Å². The van der Waals surface area contributed by atoms with Gasteiger partial charge < -0.3 is 4.52 Å². The zero-order chi connectivity index (χ0) is 14.5. The monoisotopic (exact) mass is 306 g/mol. The molecule has 0 amide bonds. The Morgan fingerprint density at radius 1 is 1.26 bits per heavy atom. The molecule has 0 aromatic carbocycles. The second-order valence-corrected chi connectivity index (χ2v) is 6.81. The molecule has 3 unspecified atom stereocenters. The summed E-state index contributed by atoms with van der Waals surface area (Å²) in [5, 5.41) is 0. The Bertz CT molecular complexity index is 322. The van der Waals surface area contributed by atoms with Crippen molar-refractivity contribution in [3.8, 4) is 0 Å². The summed E-state index contributed by atoms with van der Waals surface area (Å²) in [7, 11) is -3.88. The van der Waals surface area contributed by atoms with E-state index in [1.807, 2.05) is 0 Å². The third-order valence-electron chi connectivity index (χ3n) is 2.84. The Morgan fingerprint density at radius 2 is 1.89 bits per heavy atom. The lowest BCUT2D eigenvalue weighted by Gasteiger charge is -2.29. The van der Waals surface area contributed by atoms with E-state index in [1.54, 1.807) is 6.92 Å². The third kappa shape index (κ3) is 6.23. The van der Waals surface area contributed by atoms with Crippen molar-refractivity contribution in [2.75, 3.05) is 12.8 Å². The fourth-order valence-corrected chi connectivity index (χ4v) is 3.81. The zero-order valence-electron chi connectivity index (χ0n) is 10.8. The van der Waals surface area contributed by atoms with Crippen molar-refractivity contribution in [3.05, 3.63) is 0 Å². The van der Waals surface area contributed by atoms with Crippen LogP contribution in [0.5, 0.6) is 0 Å². The maximum absolute atomic E-state index is 13.6. The van der Waals surface area contributed by atoms with Crippen molar-refractivity contribution >= 4 is 7.60 Å². The molecule has 0 heterocycles. The van der Waals surface area contributed by atoms with E-state index >= 15 is 0 Å². The van der Waals surface area contributed by atoms with Gasteiger partial charge in [-0.25, -0.2) is 4.39 Å². The van der Waals surface area contributed by atoms with E-state index < -0.39 is 32.7 Å². The second-order valence-electron chi connectivity index (χ2n) is 4.67. The molecule has 8 heteroatoms. The molecule has 1 aliphatic carbocycles. The number of rotatable bonds is 6. The molecule has 0 N–H and O–H groups in total. The molecule has 3 atom stereocenters. The molecule has 3 nitrogen and oxygen atoms in total. The Morgan fingerprint density at radius 3 is 2.42 bits per heavy atom. The van der Waals surface area contributed by atoms with Gasteiger partial charge in [0.2, 0.25) is 0 Å². The minimum Gasteiger partial charge on any atom is -0.302 e. The summed E-state index contributed by atoms with van der Waals surface area (Å²) in [5.41, 5.74) is 0. The minimum absolute atomic E-state index is 0.133. The van der Waals surface area contributed by atoms with Crippen LogP contribution in [0.15, 0.2) is 0 Å². The highest BCUT2D eigenvalue weighted by Gasteiger charge is 2.38. The number of alkyl halides is 4. The maximum atomic E-state index is 13.6. The molecule has 0 bridgehead atoms. The van der Waals surface area contributed by atoms with Crippen LogP contribution in [0.1, 0.15) is 39.0 Å². The van der Waals surface area contributed by atoms with Crippen LogP contribution >= 0.6 is 7.60 Å². The van der Waals surface area contributed by atoms with Crippen LogP contribution in [0.3, 0.4) is 0 Å². The Hall–Kier alpha value is -0.130. The van der Waals surface area contributed by atoms with Gasteiger partial charge in [0.25, 0.3) is 0 Å². The topological polar surface area (TPSA) is 35.5 Å². The van der Waals surface area contributed by atoms with Gasteiger partial charge in [0.05, 0.1) is 6.10 Å². The predicted octanol–water partition coefficient (Wildman–Crippen LogP) is 4.47. The fourth-order valence-electron chi connectivity index (χ4n) is 1.97. The van der Waals surface area contributed by atoms with E-state index in [9.17, 15) is 22.1 Å². The summed E-state index contributed by atoms with van der Waals surface area (Å²) < 4.78 is 71.6. The van der Waals surface area contributed by atoms with Crippen molar-refractivity contribution in [3.63, 3.8) is 0 Å². The lowest BCUT2D eigenvalue weighted by molar-refractivity contribution is -0.156. The molecule has 0 saturated heterocycles. The van der Waals surface area contributed by atoms with Gasteiger partial charge in [-0.2, -0.15) is 13.2 Å². The van der Waals surface area contributed by atoms with Crippen LogP contribution in [0.25, 0.3) is 0 Å². The van der Waals surface area contributed by atoms with Gasteiger partial charge in [-0.1, -0.05) is 19.8 Å². The third-order valence-corrected chi connectivity index (χ3v) is 4.95. The Labute approximate surface area is 110 Å². The lowest BCUT2D eigenvalue weighted by atomic mass is 9.96. The van der Waals surface area contributed by atoms with Gasteiger partial charge in [-0.3, -0.25) is 9.09 Å². The molecule has 0 aliphatic heterocycles. The molecule has 1 aliphatic rings. The van der Waals surface area contributed by atoms with Crippen LogP contribution in [0.4, 0.5) is 17.6 Å². The molecular weight excluding hydrogens is 287 g/mol. The van der Waals surface area contributed by atoms with Crippen LogP contribution < -0.4 is 0 Å². The van der Waals surface area contributed by atoms with Crippen molar-refractivity contribution < 1.29 is 31.2 Å². The first-order valence-corrected chi connectivity index (χ1v) is 8.11. The molecular formula is C11H19F4O3P. The van der Waals surface area contributed by atoms with Gasteiger partial charge in [0.15, 0.2) is 6.61 Å². The average Bonchev–Trinajstić information content (AvgIpc) is 2.29. The van der Waals surface area contributed by atoms with Gasteiger partial charge >= 0.3 is 13.8 Å². The highest BCUT2D eigenvalue weighted by molar-refractivity contribution is 7.53. The number of hydrogen-bond acceptors (Lipinski definition) is 3. The van der Waals surface area contributed by atoms with Gasteiger partial charge in [0.1, 0.15) is 6.17 Å². The number of hydrogen-bond donors (Lipinski definition) is 0. The van der Waals surface area contributed by atoms with Crippen molar-refractivity contribution in [1.29, 1.82) is 0 Å². The highest BCUT2D eigenvalue weighted by Crippen LogP contribution is 2.52. The fraction of sp³-hybridized carbons (Fsp3) is 1.00. The molecule has 1 rings (SSSR count). The standard InChI is InChI=1S/C11H19F4O3P/c1-2-7-19(16,17-8-11(13,14)15)18-10-6-4-3-5-9(10)12/h9-10H,2-8H2,1H3. The van der Waals surface area contributed by atoms with Crippen molar-refractivity contribution in [2.24, 2.45) is 0 Å². The number of halogens is 4. The highest BCUT2D eigenvalue weighted by atomic mass is 31.2. The van der Waals surface area contributed by atoms with E-state index in [0.29, 0.717) is 19.3 Å². The van der Waals surface area contributed by atoms with Crippen LogP contribution in [0.2, 0.25) is 0 Å². The van der Waals surface area contributed by atoms with E-state index in [4.69, 9.17) is 4.52 Å². The molecule has 1 saturated carbocycles. The summed E-state index contributed by atoms with van der Waals surface area (Å²) in [4.78, 5) is 0. The molecule has 0 radical (unpaired) electrons. The summed E-state index contributed by atoms with van der Waals surface area (Å²) in [5.74, 6) is 0. The Balaban J connectivity index is 2.61. The predicted molar refractivity (Wildman–Crippen MR) is 63.0 cm³/mol. The summed E-state index contributed by atoms with van der Waals surface area (Å²) in [6, 6.07) is 0. The largest absolute Gasteiger partial charge is 0.412 e. The second kappa shape index (κ2) is 7.04. The molecule has 0 aromatic heterocycles. The molecule has 1 fully saturated rings.